The molecule has 2 heterocycles. The van der Waals surface area contributed by atoms with Crippen molar-refractivity contribution in [3.8, 4) is 28.4 Å². The molecule has 5 heteroatoms. The van der Waals surface area contributed by atoms with Crippen LogP contribution in [0.4, 0.5) is 0 Å². The molecule has 132 valence electrons. The van der Waals surface area contributed by atoms with Gasteiger partial charge in [0.1, 0.15) is 0 Å². The predicted molar refractivity (Wildman–Crippen MR) is 93.2 cm³/mol. The van der Waals surface area contributed by atoms with Crippen LogP contribution in [0, 0.1) is 0 Å². The molecule has 0 aliphatic carbocycles. The lowest BCUT2D eigenvalue weighted by molar-refractivity contribution is 0.0537. The fraction of sp³-hybridized carbons (Fsp3) is 0.400. The molecule has 2 aromatic carbocycles. The van der Waals surface area contributed by atoms with Crippen LogP contribution in [0.2, 0.25) is 0 Å². The van der Waals surface area contributed by atoms with Gasteiger partial charge in [0.05, 0.1) is 47.3 Å². The molecule has 1 atom stereocenters. The molecule has 1 unspecified atom stereocenters. The van der Waals surface area contributed by atoms with Crippen molar-refractivity contribution >= 4 is 0 Å². The van der Waals surface area contributed by atoms with Gasteiger partial charge in [0.25, 0.3) is 0 Å². The van der Waals surface area contributed by atoms with Gasteiger partial charge < -0.3 is 23.7 Å². The average molecular weight is 342 g/mol. The van der Waals surface area contributed by atoms with Crippen LogP contribution in [-0.4, -0.2) is 21.3 Å². The van der Waals surface area contributed by atoms with Crippen LogP contribution >= 0.6 is 0 Å². The summed E-state index contributed by atoms with van der Waals surface area (Å²) in [6.07, 6.45) is -0.0888. The van der Waals surface area contributed by atoms with E-state index in [1.165, 1.54) is 16.7 Å². The van der Waals surface area contributed by atoms with E-state index in [0.717, 1.165) is 16.7 Å². The Hall–Kier alpha value is -2.24. The van der Waals surface area contributed by atoms with Crippen LogP contribution in [0.5, 0.6) is 17.2 Å². The number of ether oxygens (including phenoxy) is 5. The second kappa shape index (κ2) is 6.24. The van der Waals surface area contributed by atoms with Gasteiger partial charge in [-0.05, 0) is 40.8 Å². The Morgan fingerprint density at radius 2 is 1.72 bits per heavy atom. The van der Waals surface area contributed by atoms with Crippen molar-refractivity contribution in [1.82, 2.24) is 0 Å². The molecule has 0 N–H and O–H groups in total. The molecule has 2 aliphatic heterocycles. The summed E-state index contributed by atoms with van der Waals surface area (Å²) in [5, 5.41) is 0. The smallest absolute Gasteiger partial charge is 0.203 e. The first-order valence-corrected chi connectivity index (χ1v) is 8.35. The summed E-state index contributed by atoms with van der Waals surface area (Å²) in [7, 11) is 4.91. The van der Waals surface area contributed by atoms with Gasteiger partial charge in [-0.15, -0.1) is 0 Å². The number of methoxy groups -OCH3 is 3. The van der Waals surface area contributed by atoms with Gasteiger partial charge in [0.2, 0.25) is 5.75 Å². The monoisotopic (exact) mass is 342 g/mol. The molecule has 0 bridgehead atoms. The van der Waals surface area contributed by atoms with Crippen molar-refractivity contribution in [2.45, 2.75) is 32.8 Å². The maximum Gasteiger partial charge on any atom is 0.203 e. The normalized spacial score (nSPS) is 18.0. The van der Waals surface area contributed by atoms with Gasteiger partial charge in [0.15, 0.2) is 11.5 Å². The van der Waals surface area contributed by atoms with Crippen molar-refractivity contribution in [2.24, 2.45) is 0 Å². The molecule has 0 amide bonds. The van der Waals surface area contributed by atoms with Crippen LogP contribution in [0.25, 0.3) is 11.1 Å². The standard InChI is InChI=1S/C20H22O5/c1-11-14-7-17(21-2)19(22-3)20(23-4)18(14)13-6-5-12-8-24-9-15(12)16(13)10-25-11/h5-7,11H,8-10H2,1-4H3. The second-order valence-electron chi connectivity index (χ2n) is 6.28. The molecule has 0 spiro atoms. The van der Waals surface area contributed by atoms with Gasteiger partial charge >= 0.3 is 0 Å². The van der Waals surface area contributed by atoms with Gasteiger partial charge in [-0.3, -0.25) is 0 Å². The summed E-state index contributed by atoms with van der Waals surface area (Å²) in [5.74, 6) is 1.91. The molecule has 2 aliphatic rings. The lowest BCUT2D eigenvalue weighted by atomic mass is 9.89. The Kier molecular flexibility index (Phi) is 4.06. The van der Waals surface area contributed by atoms with E-state index in [1.807, 2.05) is 13.0 Å². The predicted octanol–water partition coefficient (Wildman–Crippen LogP) is 4.00. The zero-order valence-corrected chi connectivity index (χ0v) is 15.0. The Balaban J connectivity index is 2.06. The Bertz CT molecular complexity index is 828. The van der Waals surface area contributed by atoms with Crippen LogP contribution < -0.4 is 14.2 Å². The van der Waals surface area contributed by atoms with Crippen molar-refractivity contribution in [1.29, 1.82) is 0 Å². The summed E-state index contributed by atoms with van der Waals surface area (Å²) in [5.41, 5.74) is 6.79. The van der Waals surface area contributed by atoms with Crippen LogP contribution in [-0.2, 0) is 29.3 Å². The van der Waals surface area contributed by atoms with Gasteiger partial charge in [-0.2, -0.15) is 0 Å². The topological polar surface area (TPSA) is 46.2 Å². The fourth-order valence-electron chi connectivity index (χ4n) is 3.79. The quantitative estimate of drug-likeness (QED) is 0.844. The van der Waals surface area contributed by atoms with E-state index in [9.17, 15) is 0 Å². The van der Waals surface area contributed by atoms with Crippen LogP contribution in [0.3, 0.4) is 0 Å². The zero-order valence-electron chi connectivity index (χ0n) is 15.0. The summed E-state index contributed by atoms with van der Waals surface area (Å²) in [6.45, 7) is 3.88. The van der Waals surface area contributed by atoms with E-state index < -0.39 is 0 Å². The molecule has 25 heavy (non-hydrogen) atoms. The first-order chi connectivity index (χ1) is 12.2. The summed E-state index contributed by atoms with van der Waals surface area (Å²) < 4.78 is 28.7. The van der Waals surface area contributed by atoms with E-state index in [4.69, 9.17) is 23.7 Å². The Morgan fingerprint density at radius 1 is 0.920 bits per heavy atom. The van der Waals surface area contributed by atoms with Gasteiger partial charge in [-0.25, -0.2) is 0 Å². The SMILES string of the molecule is COc1cc2c(c(OC)c1OC)-c1ccc3c(c1COC2C)COC3. The maximum atomic E-state index is 6.15. The molecule has 0 saturated carbocycles. The van der Waals surface area contributed by atoms with Crippen molar-refractivity contribution in [3.05, 3.63) is 40.5 Å². The van der Waals surface area contributed by atoms with Gasteiger partial charge in [0, 0.05) is 5.56 Å². The summed E-state index contributed by atoms with van der Waals surface area (Å²) in [4.78, 5) is 0. The lowest BCUT2D eigenvalue weighted by Gasteiger charge is -2.21. The van der Waals surface area contributed by atoms with Crippen LogP contribution in [0.1, 0.15) is 35.3 Å². The minimum Gasteiger partial charge on any atom is -0.493 e. The highest BCUT2D eigenvalue weighted by Crippen LogP contribution is 2.51. The second-order valence-corrected chi connectivity index (χ2v) is 6.28. The van der Waals surface area contributed by atoms with E-state index >= 15 is 0 Å². The average Bonchev–Trinajstić information content (AvgIpc) is 3.07. The van der Waals surface area contributed by atoms with Crippen LogP contribution in [0.15, 0.2) is 18.2 Å². The third-order valence-electron chi connectivity index (χ3n) is 5.08. The number of benzene rings is 2. The third-order valence-corrected chi connectivity index (χ3v) is 5.08. The van der Waals surface area contributed by atoms with Crippen molar-refractivity contribution < 1.29 is 23.7 Å². The molecule has 5 nitrogen and oxygen atoms in total. The third kappa shape index (κ3) is 2.38. The molecular formula is C20H22O5. The molecule has 0 saturated heterocycles. The number of hydrogen-bond acceptors (Lipinski definition) is 5. The van der Waals surface area contributed by atoms with E-state index in [1.54, 1.807) is 21.3 Å². The van der Waals surface area contributed by atoms with E-state index in [2.05, 4.69) is 12.1 Å². The minimum absolute atomic E-state index is 0.0888. The summed E-state index contributed by atoms with van der Waals surface area (Å²) >= 11 is 0. The summed E-state index contributed by atoms with van der Waals surface area (Å²) in [6, 6.07) is 6.26. The molecule has 0 radical (unpaired) electrons. The first-order valence-electron chi connectivity index (χ1n) is 8.35. The van der Waals surface area contributed by atoms with E-state index in [-0.39, 0.29) is 6.10 Å². The van der Waals surface area contributed by atoms with E-state index in [0.29, 0.717) is 37.1 Å². The molecule has 4 rings (SSSR count). The highest BCUT2D eigenvalue weighted by Gasteiger charge is 2.31. The molecule has 2 aromatic rings. The maximum absolute atomic E-state index is 6.15. The minimum atomic E-state index is -0.0888. The molecule has 0 aromatic heterocycles. The zero-order chi connectivity index (χ0) is 17.6. The van der Waals surface area contributed by atoms with Crippen molar-refractivity contribution in [3.63, 3.8) is 0 Å². The Morgan fingerprint density at radius 3 is 2.44 bits per heavy atom. The highest BCUT2D eigenvalue weighted by atomic mass is 16.5. The molecular weight excluding hydrogens is 320 g/mol. The first kappa shape index (κ1) is 16.2. The van der Waals surface area contributed by atoms with Crippen molar-refractivity contribution in [2.75, 3.05) is 21.3 Å². The lowest BCUT2D eigenvalue weighted by Crippen LogP contribution is -2.03. The largest absolute Gasteiger partial charge is 0.493 e. The number of fused-ring (bicyclic) bond motifs is 5. The number of rotatable bonds is 3. The van der Waals surface area contributed by atoms with Gasteiger partial charge in [-0.1, -0.05) is 12.1 Å². The Labute approximate surface area is 147 Å². The number of hydrogen-bond donors (Lipinski definition) is 0. The fourth-order valence-corrected chi connectivity index (χ4v) is 3.79. The molecule has 0 fully saturated rings. The highest BCUT2D eigenvalue weighted by molar-refractivity contribution is 5.83.